The first-order chi connectivity index (χ1) is 11.0. The summed E-state index contributed by atoms with van der Waals surface area (Å²) in [5.41, 5.74) is 2.67. The topological polar surface area (TPSA) is 70.4 Å². The number of aromatic nitrogens is 1. The Bertz CT molecular complexity index is 904. The number of rotatable bonds is 3. The average molecular weight is 311 g/mol. The van der Waals surface area contributed by atoms with Gasteiger partial charge >= 0.3 is 5.97 Å². The summed E-state index contributed by atoms with van der Waals surface area (Å²) in [5, 5.41) is 19.9. The van der Waals surface area contributed by atoms with E-state index < -0.39 is 5.97 Å². The van der Waals surface area contributed by atoms with Gasteiger partial charge in [-0.1, -0.05) is 12.1 Å². The fourth-order valence-electron chi connectivity index (χ4n) is 2.59. The zero-order valence-electron chi connectivity index (χ0n) is 12.4. The number of benzene rings is 2. The molecule has 4 nitrogen and oxygen atoms in total. The van der Waals surface area contributed by atoms with Crippen molar-refractivity contribution in [2.75, 3.05) is 0 Å². The van der Waals surface area contributed by atoms with Crippen molar-refractivity contribution in [3.8, 4) is 5.75 Å². The van der Waals surface area contributed by atoms with Crippen molar-refractivity contribution in [2.24, 2.45) is 0 Å². The number of carboxylic acid groups (broad SMARTS) is 1. The number of fused-ring (bicyclic) bond motifs is 1. The molecule has 0 atom stereocenters. The lowest BCUT2D eigenvalue weighted by Gasteiger charge is -2.09. The molecule has 2 N–H and O–H groups in total. The lowest BCUT2D eigenvalue weighted by Crippen LogP contribution is -2.00. The number of hydrogen-bond acceptors (Lipinski definition) is 3. The molecule has 0 unspecified atom stereocenters. The molecule has 0 saturated carbocycles. The molecule has 0 bridgehead atoms. The summed E-state index contributed by atoms with van der Waals surface area (Å²) in [7, 11) is 0. The van der Waals surface area contributed by atoms with Gasteiger partial charge in [0, 0.05) is 11.6 Å². The maximum Gasteiger partial charge on any atom is 0.339 e. The van der Waals surface area contributed by atoms with Gasteiger partial charge < -0.3 is 10.2 Å². The third-order valence-corrected chi connectivity index (χ3v) is 3.76. The summed E-state index contributed by atoms with van der Waals surface area (Å²) in [6.45, 7) is 1.78. The third-order valence-electron chi connectivity index (χ3n) is 3.76. The molecule has 2 aromatic carbocycles. The second-order valence-electron chi connectivity index (χ2n) is 5.44. The Labute approximate surface area is 131 Å². The molecule has 3 aromatic rings. The second kappa shape index (κ2) is 5.68. The van der Waals surface area contributed by atoms with Gasteiger partial charge in [-0.25, -0.2) is 9.18 Å². The van der Waals surface area contributed by atoms with Crippen LogP contribution >= 0.6 is 0 Å². The molecule has 3 rings (SSSR count). The minimum Gasteiger partial charge on any atom is -0.505 e. The van der Waals surface area contributed by atoms with Crippen LogP contribution in [-0.2, 0) is 6.42 Å². The van der Waals surface area contributed by atoms with E-state index in [1.165, 1.54) is 18.2 Å². The van der Waals surface area contributed by atoms with Crippen LogP contribution in [0, 0.1) is 12.7 Å². The standard InChI is InChI=1S/C18H14FNO3/c1-10-6-15(18(22)23)17(21)16-14(10)8-12(9-20-16)7-11-2-4-13(19)5-3-11/h2-6,8-9,21H,7H2,1H3,(H,22,23). The Morgan fingerprint density at radius 3 is 2.52 bits per heavy atom. The average Bonchev–Trinajstić information content (AvgIpc) is 2.53. The van der Waals surface area contributed by atoms with E-state index in [1.54, 1.807) is 25.3 Å². The fraction of sp³-hybridized carbons (Fsp3) is 0.111. The van der Waals surface area contributed by atoms with E-state index >= 15 is 0 Å². The van der Waals surface area contributed by atoms with Crippen LogP contribution in [-0.4, -0.2) is 21.2 Å². The first kappa shape index (κ1) is 15.0. The van der Waals surface area contributed by atoms with Gasteiger partial charge in [0.1, 0.15) is 16.9 Å². The fourth-order valence-corrected chi connectivity index (χ4v) is 2.59. The summed E-state index contributed by atoms with van der Waals surface area (Å²) >= 11 is 0. The van der Waals surface area contributed by atoms with Gasteiger partial charge in [-0.15, -0.1) is 0 Å². The van der Waals surface area contributed by atoms with Crippen molar-refractivity contribution >= 4 is 16.9 Å². The molecule has 0 aliphatic carbocycles. The Morgan fingerprint density at radius 1 is 1.17 bits per heavy atom. The molecule has 0 fully saturated rings. The van der Waals surface area contributed by atoms with Gasteiger partial charge in [-0.05, 0) is 54.3 Å². The third kappa shape index (κ3) is 2.85. The number of aromatic hydroxyl groups is 1. The Hall–Kier alpha value is -2.95. The van der Waals surface area contributed by atoms with Crippen molar-refractivity contribution in [3.05, 3.63) is 70.7 Å². The lowest BCUT2D eigenvalue weighted by atomic mass is 10.00. The maximum atomic E-state index is 12.9. The van der Waals surface area contributed by atoms with Gasteiger partial charge in [0.15, 0.2) is 5.75 Å². The molecular formula is C18H14FNO3. The summed E-state index contributed by atoms with van der Waals surface area (Å²) in [5.74, 6) is -1.80. The van der Waals surface area contributed by atoms with Gasteiger partial charge in [-0.3, -0.25) is 4.98 Å². The maximum absolute atomic E-state index is 12.9. The van der Waals surface area contributed by atoms with Crippen LogP contribution in [0.5, 0.6) is 5.75 Å². The van der Waals surface area contributed by atoms with Crippen LogP contribution in [0.15, 0.2) is 42.6 Å². The van der Waals surface area contributed by atoms with Gasteiger partial charge in [0.2, 0.25) is 0 Å². The van der Waals surface area contributed by atoms with E-state index in [1.807, 2.05) is 6.07 Å². The largest absolute Gasteiger partial charge is 0.505 e. The van der Waals surface area contributed by atoms with E-state index in [2.05, 4.69) is 4.98 Å². The molecule has 0 saturated heterocycles. The smallest absolute Gasteiger partial charge is 0.339 e. The van der Waals surface area contributed by atoms with Gasteiger partial charge in [-0.2, -0.15) is 0 Å². The highest BCUT2D eigenvalue weighted by Crippen LogP contribution is 2.30. The normalized spacial score (nSPS) is 10.9. The van der Waals surface area contributed by atoms with Gasteiger partial charge in [0.25, 0.3) is 0 Å². The molecular weight excluding hydrogens is 297 g/mol. The van der Waals surface area contributed by atoms with E-state index in [4.69, 9.17) is 5.11 Å². The van der Waals surface area contributed by atoms with E-state index in [-0.39, 0.29) is 22.6 Å². The molecule has 1 aromatic heterocycles. The molecule has 116 valence electrons. The van der Waals surface area contributed by atoms with Crippen LogP contribution in [0.25, 0.3) is 10.9 Å². The molecule has 1 heterocycles. The Balaban J connectivity index is 2.05. The number of aromatic carboxylic acids is 1. The van der Waals surface area contributed by atoms with Crippen molar-refractivity contribution < 1.29 is 19.4 Å². The quantitative estimate of drug-likeness (QED) is 0.774. The van der Waals surface area contributed by atoms with Gasteiger partial charge in [0.05, 0.1) is 0 Å². The monoisotopic (exact) mass is 311 g/mol. The van der Waals surface area contributed by atoms with Crippen LogP contribution in [0.4, 0.5) is 4.39 Å². The Morgan fingerprint density at radius 2 is 1.87 bits per heavy atom. The first-order valence-electron chi connectivity index (χ1n) is 7.04. The molecule has 0 radical (unpaired) electrons. The summed E-state index contributed by atoms with van der Waals surface area (Å²) in [4.78, 5) is 15.3. The van der Waals surface area contributed by atoms with E-state index in [0.717, 1.165) is 16.7 Å². The summed E-state index contributed by atoms with van der Waals surface area (Å²) in [6, 6.07) is 9.52. The number of aryl methyl sites for hydroxylation is 1. The molecule has 0 amide bonds. The van der Waals surface area contributed by atoms with Crippen molar-refractivity contribution in [3.63, 3.8) is 0 Å². The minimum atomic E-state index is -1.19. The minimum absolute atomic E-state index is 0.159. The predicted octanol–water partition coefficient (Wildman–Crippen LogP) is 3.68. The molecule has 0 aliphatic rings. The number of nitrogens with zero attached hydrogens (tertiary/aromatic N) is 1. The van der Waals surface area contributed by atoms with E-state index in [0.29, 0.717) is 11.8 Å². The molecule has 0 aliphatic heterocycles. The zero-order valence-corrected chi connectivity index (χ0v) is 12.4. The van der Waals surface area contributed by atoms with Crippen molar-refractivity contribution in [1.82, 2.24) is 4.98 Å². The first-order valence-corrected chi connectivity index (χ1v) is 7.04. The summed E-state index contributed by atoms with van der Waals surface area (Å²) in [6.07, 6.45) is 2.17. The predicted molar refractivity (Wildman–Crippen MR) is 84.3 cm³/mol. The summed E-state index contributed by atoms with van der Waals surface area (Å²) < 4.78 is 12.9. The number of pyridine rings is 1. The Kier molecular flexibility index (Phi) is 3.70. The number of hydrogen-bond donors (Lipinski definition) is 2. The lowest BCUT2D eigenvalue weighted by molar-refractivity contribution is 0.0694. The molecule has 5 heteroatoms. The van der Waals surface area contributed by atoms with Crippen molar-refractivity contribution in [2.45, 2.75) is 13.3 Å². The van der Waals surface area contributed by atoms with Crippen LogP contribution < -0.4 is 0 Å². The van der Waals surface area contributed by atoms with E-state index in [9.17, 15) is 14.3 Å². The van der Waals surface area contributed by atoms with Crippen LogP contribution in [0.3, 0.4) is 0 Å². The second-order valence-corrected chi connectivity index (χ2v) is 5.44. The molecule has 23 heavy (non-hydrogen) atoms. The van der Waals surface area contributed by atoms with Crippen LogP contribution in [0.2, 0.25) is 0 Å². The number of carboxylic acids is 1. The number of carbonyl (C=O) groups is 1. The van der Waals surface area contributed by atoms with Crippen LogP contribution in [0.1, 0.15) is 27.0 Å². The number of halogens is 1. The SMILES string of the molecule is Cc1cc(C(=O)O)c(O)c2ncc(Cc3ccc(F)cc3)cc12. The number of phenols is 1. The molecule has 0 spiro atoms. The highest BCUT2D eigenvalue weighted by Gasteiger charge is 2.16. The van der Waals surface area contributed by atoms with Crippen molar-refractivity contribution in [1.29, 1.82) is 0 Å². The highest BCUT2D eigenvalue weighted by molar-refractivity contribution is 6.00. The zero-order chi connectivity index (χ0) is 16.6. The highest BCUT2D eigenvalue weighted by atomic mass is 19.1.